The molecule has 92 valence electrons. The van der Waals surface area contributed by atoms with Gasteiger partial charge < -0.3 is 5.32 Å². The summed E-state index contributed by atoms with van der Waals surface area (Å²) in [5.74, 6) is 0.823. The summed E-state index contributed by atoms with van der Waals surface area (Å²) in [5, 5.41) is 3.44. The van der Waals surface area contributed by atoms with Crippen molar-refractivity contribution in [2.24, 2.45) is 5.92 Å². The third-order valence-electron chi connectivity index (χ3n) is 3.15. The second kappa shape index (κ2) is 6.41. The van der Waals surface area contributed by atoms with Crippen molar-refractivity contribution in [2.45, 2.75) is 53.0 Å². The SMILES string of the molecule is CNC(CCCC(C)C)c1cc(C)c(C)s1. The van der Waals surface area contributed by atoms with Gasteiger partial charge in [0.15, 0.2) is 0 Å². The van der Waals surface area contributed by atoms with Gasteiger partial charge in [0.1, 0.15) is 0 Å². The number of hydrogen-bond acceptors (Lipinski definition) is 2. The second-order valence-electron chi connectivity index (χ2n) is 5.05. The van der Waals surface area contributed by atoms with Crippen LogP contribution < -0.4 is 5.32 Å². The van der Waals surface area contributed by atoms with Gasteiger partial charge in [-0.25, -0.2) is 0 Å². The van der Waals surface area contributed by atoms with Gasteiger partial charge in [0.05, 0.1) is 0 Å². The first-order valence-corrected chi connectivity index (χ1v) is 7.10. The van der Waals surface area contributed by atoms with E-state index in [2.05, 4.69) is 46.1 Å². The van der Waals surface area contributed by atoms with Crippen LogP contribution in [0.15, 0.2) is 6.07 Å². The first-order chi connectivity index (χ1) is 7.54. The fraction of sp³-hybridized carbons (Fsp3) is 0.714. The topological polar surface area (TPSA) is 12.0 Å². The van der Waals surface area contributed by atoms with Gasteiger partial charge in [-0.2, -0.15) is 0 Å². The van der Waals surface area contributed by atoms with Crippen LogP contribution in [0.2, 0.25) is 0 Å². The van der Waals surface area contributed by atoms with Crippen LogP contribution in [0, 0.1) is 19.8 Å². The van der Waals surface area contributed by atoms with Crippen LogP contribution in [0.3, 0.4) is 0 Å². The van der Waals surface area contributed by atoms with Crippen LogP contribution in [-0.2, 0) is 0 Å². The summed E-state index contributed by atoms with van der Waals surface area (Å²) < 4.78 is 0. The van der Waals surface area contributed by atoms with Gasteiger partial charge in [-0.15, -0.1) is 11.3 Å². The van der Waals surface area contributed by atoms with Crippen LogP contribution in [0.25, 0.3) is 0 Å². The van der Waals surface area contributed by atoms with E-state index in [1.54, 1.807) is 0 Å². The summed E-state index contributed by atoms with van der Waals surface area (Å²) in [6.07, 6.45) is 3.91. The predicted octanol–water partition coefficient (Wildman–Crippen LogP) is 4.45. The molecule has 0 saturated heterocycles. The third-order valence-corrected chi connectivity index (χ3v) is 4.42. The molecule has 0 aromatic carbocycles. The highest BCUT2D eigenvalue weighted by atomic mass is 32.1. The van der Waals surface area contributed by atoms with Crippen molar-refractivity contribution in [1.29, 1.82) is 0 Å². The number of aryl methyl sites for hydroxylation is 2. The summed E-state index contributed by atoms with van der Waals surface area (Å²) in [6.45, 7) is 9.02. The van der Waals surface area contributed by atoms with Crippen LogP contribution in [0.5, 0.6) is 0 Å². The van der Waals surface area contributed by atoms with Gasteiger partial charge in [0.25, 0.3) is 0 Å². The van der Waals surface area contributed by atoms with E-state index >= 15 is 0 Å². The molecule has 1 rings (SSSR count). The van der Waals surface area contributed by atoms with E-state index < -0.39 is 0 Å². The maximum absolute atomic E-state index is 3.44. The molecule has 0 aliphatic rings. The first-order valence-electron chi connectivity index (χ1n) is 6.28. The zero-order valence-corrected chi connectivity index (χ0v) is 12.1. The van der Waals surface area contributed by atoms with Crippen molar-refractivity contribution < 1.29 is 0 Å². The van der Waals surface area contributed by atoms with Crippen molar-refractivity contribution in [3.63, 3.8) is 0 Å². The summed E-state index contributed by atoms with van der Waals surface area (Å²) in [6, 6.07) is 2.90. The maximum atomic E-state index is 3.44. The Morgan fingerprint density at radius 3 is 2.38 bits per heavy atom. The highest BCUT2D eigenvalue weighted by molar-refractivity contribution is 7.12. The van der Waals surface area contributed by atoms with Gasteiger partial charge >= 0.3 is 0 Å². The molecule has 0 amide bonds. The largest absolute Gasteiger partial charge is 0.312 e. The van der Waals surface area contributed by atoms with E-state index in [4.69, 9.17) is 0 Å². The van der Waals surface area contributed by atoms with Gasteiger partial charge in [-0.05, 0) is 44.9 Å². The predicted molar refractivity (Wildman–Crippen MR) is 74.3 cm³/mol. The summed E-state index contributed by atoms with van der Waals surface area (Å²) >= 11 is 1.94. The molecular formula is C14H25NS. The van der Waals surface area contributed by atoms with E-state index in [0.29, 0.717) is 6.04 Å². The minimum Gasteiger partial charge on any atom is -0.312 e. The van der Waals surface area contributed by atoms with E-state index in [-0.39, 0.29) is 0 Å². The summed E-state index contributed by atoms with van der Waals surface area (Å²) in [5.41, 5.74) is 1.43. The minimum atomic E-state index is 0.552. The molecule has 0 aliphatic carbocycles. The van der Waals surface area contributed by atoms with Gasteiger partial charge in [-0.1, -0.05) is 26.7 Å². The Morgan fingerprint density at radius 2 is 1.94 bits per heavy atom. The van der Waals surface area contributed by atoms with Crippen molar-refractivity contribution in [1.82, 2.24) is 5.32 Å². The van der Waals surface area contributed by atoms with Crippen LogP contribution in [0.1, 0.15) is 54.5 Å². The standard InChI is InChI=1S/C14H25NS/c1-10(2)7-6-8-13(15-5)14-9-11(3)12(4)16-14/h9-10,13,15H,6-8H2,1-5H3. The zero-order chi connectivity index (χ0) is 12.1. The molecule has 1 heterocycles. The molecule has 0 aliphatic heterocycles. The van der Waals surface area contributed by atoms with Gasteiger partial charge in [0.2, 0.25) is 0 Å². The van der Waals surface area contributed by atoms with Gasteiger partial charge in [-0.3, -0.25) is 0 Å². The molecule has 1 aromatic rings. The molecule has 0 fully saturated rings. The highest BCUT2D eigenvalue weighted by Gasteiger charge is 2.12. The van der Waals surface area contributed by atoms with Crippen molar-refractivity contribution in [3.8, 4) is 0 Å². The van der Waals surface area contributed by atoms with Crippen LogP contribution in [0.4, 0.5) is 0 Å². The molecule has 0 spiro atoms. The monoisotopic (exact) mass is 239 g/mol. The average molecular weight is 239 g/mol. The Labute approximate surface area is 104 Å². The fourth-order valence-corrected chi connectivity index (χ4v) is 3.12. The lowest BCUT2D eigenvalue weighted by molar-refractivity contribution is 0.474. The molecule has 1 N–H and O–H groups in total. The summed E-state index contributed by atoms with van der Waals surface area (Å²) in [4.78, 5) is 2.96. The quantitative estimate of drug-likeness (QED) is 0.773. The molecule has 0 saturated carbocycles. The Hall–Kier alpha value is -0.340. The molecule has 1 nitrogen and oxygen atoms in total. The molecular weight excluding hydrogens is 214 g/mol. The van der Waals surface area contributed by atoms with Crippen molar-refractivity contribution >= 4 is 11.3 Å². The van der Waals surface area contributed by atoms with Crippen molar-refractivity contribution in [2.75, 3.05) is 7.05 Å². The number of hydrogen-bond donors (Lipinski definition) is 1. The lowest BCUT2D eigenvalue weighted by atomic mass is 10.0. The smallest absolute Gasteiger partial charge is 0.0412 e. The molecule has 1 unspecified atom stereocenters. The zero-order valence-electron chi connectivity index (χ0n) is 11.3. The molecule has 2 heteroatoms. The Morgan fingerprint density at radius 1 is 1.25 bits per heavy atom. The third kappa shape index (κ3) is 3.91. The fourth-order valence-electron chi connectivity index (χ4n) is 1.93. The minimum absolute atomic E-state index is 0.552. The maximum Gasteiger partial charge on any atom is 0.0412 e. The first kappa shape index (κ1) is 13.7. The second-order valence-corrected chi connectivity index (χ2v) is 6.34. The van der Waals surface area contributed by atoms with Gasteiger partial charge in [0, 0.05) is 15.8 Å². The molecule has 16 heavy (non-hydrogen) atoms. The molecule has 1 aromatic heterocycles. The summed E-state index contributed by atoms with van der Waals surface area (Å²) in [7, 11) is 2.07. The number of rotatable bonds is 6. The molecule has 0 bridgehead atoms. The lowest BCUT2D eigenvalue weighted by Crippen LogP contribution is -2.15. The number of nitrogens with one attached hydrogen (secondary N) is 1. The van der Waals surface area contributed by atoms with Crippen LogP contribution in [-0.4, -0.2) is 7.05 Å². The number of thiophene rings is 1. The Bertz CT molecular complexity index is 295. The Balaban J connectivity index is 2.53. The lowest BCUT2D eigenvalue weighted by Gasteiger charge is -2.15. The van der Waals surface area contributed by atoms with Crippen molar-refractivity contribution in [3.05, 3.63) is 21.4 Å². The van der Waals surface area contributed by atoms with E-state index in [1.165, 1.54) is 34.6 Å². The molecule has 0 radical (unpaired) electrons. The normalized spacial score (nSPS) is 13.4. The Kier molecular flexibility index (Phi) is 5.50. The average Bonchev–Trinajstić information content (AvgIpc) is 2.53. The van der Waals surface area contributed by atoms with E-state index in [9.17, 15) is 0 Å². The highest BCUT2D eigenvalue weighted by Crippen LogP contribution is 2.29. The molecule has 1 atom stereocenters. The van der Waals surface area contributed by atoms with Crippen LogP contribution >= 0.6 is 11.3 Å². The van der Waals surface area contributed by atoms with E-state index in [1.807, 2.05) is 11.3 Å². The van der Waals surface area contributed by atoms with E-state index in [0.717, 1.165) is 5.92 Å².